The van der Waals surface area contributed by atoms with Crippen LogP contribution >= 0.6 is 0 Å². The van der Waals surface area contributed by atoms with Gasteiger partial charge in [0.2, 0.25) is 0 Å². The maximum atomic E-state index is 12.9. The molecule has 6 heteroatoms. The zero-order chi connectivity index (χ0) is 31.5. The van der Waals surface area contributed by atoms with Gasteiger partial charge in [0, 0.05) is 0 Å². The number of aliphatic hydroxyl groups excluding tert-OH is 3. The van der Waals surface area contributed by atoms with Crippen LogP contribution in [0.3, 0.4) is 0 Å². The molecule has 1 aliphatic heterocycles. The predicted octanol–water partition coefficient (Wildman–Crippen LogP) is 6.75. The minimum absolute atomic E-state index is 0.0229. The van der Waals surface area contributed by atoms with E-state index in [0.29, 0.717) is 24.2 Å². The van der Waals surface area contributed by atoms with Gasteiger partial charge in [-0.15, -0.1) is 0 Å². The van der Waals surface area contributed by atoms with E-state index < -0.39 is 41.9 Å². The molecule has 43 heavy (non-hydrogen) atoms. The summed E-state index contributed by atoms with van der Waals surface area (Å²) in [6.07, 6.45) is 9.16. The van der Waals surface area contributed by atoms with Gasteiger partial charge in [0.15, 0.2) is 0 Å². The molecule has 1 heterocycles. The van der Waals surface area contributed by atoms with Gasteiger partial charge >= 0.3 is 5.97 Å². The fourth-order valence-electron chi connectivity index (χ4n) is 12.7. The smallest absolute Gasteiger partial charge is 0.310 e. The van der Waals surface area contributed by atoms with Gasteiger partial charge < -0.3 is 25.2 Å². The van der Waals surface area contributed by atoms with Crippen molar-refractivity contribution in [2.75, 3.05) is 0 Å². The molecule has 0 bridgehead atoms. The highest BCUT2D eigenvalue weighted by molar-refractivity contribution is 5.76. The number of hydrogen-bond acceptors (Lipinski definition) is 5. The average molecular weight is 601 g/mol. The number of aliphatic hydroxyl groups is 3. The Balaban J connectivity index is 1.30. The monoisotopic (exact) mass is 600 g/mol. The minimum Gasteiger partial charge on any atom is -0.481 e. The Morgan fingerprint density at radius 1 is 0.860 bits per heavy atom. The number of fused-ring (bicyclic) bond motifs is 7. The lowest BCUT2D eigenvalue weighted by Gasteiger charge is -2.71. The SMILES string of the molecule is CC1O[C@@H](C[C@@H]2CC[C@@]3(C)C(CC[C@]4(C)C3CC=C3C5CC(C)(C)CC[C@]5(C(=O)O)CC[C@]34C)C2(C)C)C(O)C(O)[C@@H]1O. The second-order valence-corrected chi connectivity index (χ2v) is 18.3. The summed E-state index contributed by atoms with van der Waals surface area (Å²) < 4.78 is 6.09. The van der Waals surface area contributed by atoms with Crippen molar-refractivity contribution in [2.24, 2.45) is 56.2 Å². The standard InChI is InChI=1S/C37H60O6/c1-21-28(38)30(40)29(39)25(43-21)19-22-11-13-34(6)26(33(22,4)5)12-14-36(8)27(34)10-9-23-24-20-32(2,3)15-17-37(24,31(41)42)18-16-35(23,36)7/h9,21-22,24-30,38-40H,10-20H2,1-8H3,(H,41,42)/t21?,22-,24?,25-,26?,27?,28+,29?,30?,34-,35+,36+,37-/m0/s1. The molecule has 0 spiro atoms. The van der Waals surface area contributed by atoms with E-state index in [1.54, 1.807) is 6.92 Å². The normalized spacial score (nSPS) is 53.8. The Kier molecular flexibility index (Phi) is 7.46. The molecule has 1 saturated heterocycles. The second kappa shape index (κ2) is 10.0. The molecule has 0 amide bonds. The zero-order valence-corrected chi connectivity index (χ0v) is 28.2. The molecule has 244 valence electrons. The highest BCUT2D eigenvalue weighted by Gasteiger charge is 2.69. The molecule has 0 aromatic carbocycles. The predicted molar refractivity (Wildman–Crippen MR) is 167 cm³/mol. The number of carboxylic acids is 1. The van der Waals surface area contributed by atoms with Crippen LogP contribution in [0.25, 0.3) is 0 Å². The molecule has 0 aromatic rings. The van der Waals surface area contributed by atoms with E-state index in [0.717, 1.165) is 51.4 Å². The van der Waals surface area contributed by atoms with Crippen molar-refractivity contribution in [3.8, 4) is 0 Å². The molecular formula is C37H60O6. The van der Waals surface area contributed by atoms with Crippen molar-refractivity contribution < 1.29 is 30.0 Å². The van der Waals surface area contributed by atoms with E-state index in [9.17, 15) is 25.2 Å². The summed E-state index contributed by atoms with van der Waals surface area (Å²) in [6, 6.07) is 0. The Morgan fingerprint density at radius 3 is 2.21 bits per heavy atom. The van der Waals surface area contributed by atoms with Gasteiger partial charge in [-0.05, 0) is 128 Å². The van der Waals surface area contributed by atoms with E-state index in [4.69, 9.17) is 4.74 Å². The third kappa shape index (κ3) is 4.34. The molecule has 6 rings (SSSR count). The Bertz CT molecular complexity index is 1160. The first-order valence-corrected chi connectivity index (χ1v) is 17.5. The van der Waals surface area contributed by atoms with Gasteiger partial charge in [0.1, 0.15) is 18.3 Å². The molecule has 4 N–H and O–H groups in total. The molecule has 0 aromatic heterocycles. The van der Waals surface area contributed by atoms with Gasteiger partial charge in [-0.3, -0.25) is 4.79 Å². The van der Waals surface area contributed by atoms with E-state index in [-0.39, 0.29) is 33.0 Å². The van der Waals surface area contributed by atoms with E-state index in [2.05, 4.69) is 54.5 Å². The maximum Gasteiger partial charge on any atom is 0.310 e. The first-order valence-electron chi connectivity index (χ1n) is 17.5. The lowest BCUT2D eigenvalue weighted by Crippen LogP contribution is -2.65. The van der Waals surface area contributed by atoms with Crippen LogP contribution in [0.15, 0.2) is 11.6 Å². The Hall–Kier alpha value is -0.950. The summed E-state index contributed by atoms with van der Waals surface area (Å²) in [5.74, 6) is 1.03. The van der Waals surface area contributed by atoms with Crippen LogP contribution < -0.4 is 0 Å². The van der Waals surface area contributed by atoms with Crippen LogP contribution in [0, 0.1) is 56.2 Å². The fraction of sp³-hybridized carbons (Fsp3) is 0.919. The summed E-state index contributed by atoms with van der Waals surface area (Å²) in [4.78, 5) is 12.9. The molecule has 0 radical (unpaired) electrons. The van der Waals surface area contributed by atoms with Crippen molar-refractivity contribution in [2.45, 2.75) is 157 Å². The summed E-state index contributed by atoms with van der Waals surface area (Å²) in [6.45, 7) is 19.0. The topological polar surface area (TPSA) is 107 Å². The summed E-state index contributed by atoms with van der Waals surface area (Å²) in [7, 11) is 0. The van der Waals surface area contributed by atoms with Crippen molar-refractivity contribution in [3.05, 3.63) is 11.6 Å². The summed E-state index contributed by atoms with van der Waals surface area (Å²) in [5, 5.41) is 42.2. The number of carboxylic acid groups (broad SMARTS) is 1. The maximum absolute atomic E-state index is 12.9. The first-order chi connectivity index (χ1) is 19.8. The van der Waals surface area contributed by atoms with E-state index in [1.165, 1.54) is 18.4 Å². The molecule has 4 saturated carbocycles. The van der Waals surface area contributed by atoms with Crippen molar-refractivity contribution >= 4 is 5.97 Å². The van der Waals surface area contributed by atoms with Crippen LogP contribution in [0.5, 0.6) is 0 Å². The van der Waals surface area contributed by atoms with Crippen LogP contribution in [-0.2, 0) is 9.53 Å². The first kappa shape index (κ1) is 32.0. The van der Waals surface area contributed by atoms with Gasteiger partial charge in [0.25, 0.3) is 0 Å². The van der Waals surface area contributed by atoms with E-state index >= 15 is 0 Å². The quantitative estimate of drug-likeness (QED) is 0.267. The Labute approximate surface area is 260 Å². The summed E-state index contributed by atoms with van der Waals surface area (Å²) in [5.41, 5.74) is 1.45. The van der Waals surface area contributed by atoms with Crippen LogP contribution in [0.1, 0.15) is 126 Å². The lowest BCUT2D eigenvalue weighted by atomic mass is 9.33. The van der Waals surface area contributed by atoms with Gasteiger partial charge in [0.05, 0.1) is 17.6 Å². The molecule has 6 nitrogen and oxygen atoms in total. The zero-order valence-electron chi connectivity index (χ0n) is 28.2. The van der Waals surface area contributed by atoms with Crippen LogP contribution in [-0.4, -0.2) is 56.9 Å². The van der Waals surface area contributed by atoms with Crippen LogP contribution in [0.4, 0.5) is 0 Å². The molecule has 6 unspecified atom stereocenters. The average Bonchev–Trinajstić information content (AvgIpc) is 2.91. The molecule has 5 aliphatic carbocycles. The number of allylic oxidation sites excluding steroid dienone is 2. The third-order valence-corrected chi connectivity index (χ3v) is 15.8. The van der Waals surface area contributed by atoms with Crippen molar-refractivity contribution in [1.82, 2.24) is 0 Å². The van der Waals surface area contributed by atoms with Crippen molar-refractivity contribution in [3.63, 3.8) is 0 Å². The number of ether oxygens (including phenoxy) is 1. The summed E-state index contributed by atoms with van der Waals surface area (Å²) >= 11 is 0. The van der Waals surface area contributed by atoms with Gasteiger partial charge in [-0.2, -0.15) is 0 Å². The highest BCUT2D eigenvalue weighted by Crippen LogP contribution is 2.76. The van der Waals surface area contributed by atoms with Crippen molar-refractivity contribution in [1.29, 1.82) is 0 Å². The molecule has 5 fully saturated rings. The molecular weight excluding hydrogens is 540 g/mol. The van der Waals surface area contributed by atoms with Crippen LogP contribution in [0.2, 0.25) is 0 Å². The molecule has 13 atom stereocenters. The molecule has 6 aliphatic rings. The second-order valence-electron chi connectivity index (χ2n) is 18.3. The number of hydrogen-bond donors (Lipinski definition) is 4. The highest BCUT2D eigenvalue weighted by atomic mass is 16.5. The lowest BCUT2D eigenvalue weighted by molar-refractivity contribution is -0.232. The third-order valence-electron chi connectivity index (χ3n) is 15.8. The van der Waals surface area contributed by atoms with E-state index in [1.807, 2.05) is 0 Å². The Morgan fingerprint density at radius 2 is 1.53 bits per heavy atom. The number of carbonyl (C=O) groups is 1. The van der Waals surface area contributed by atoms with Gasteiger partial charge in [-0.25, -0.2) is 0 Å². The number of rotatable bonds is 3. The largest absolute Gasteiger partial charge is 0.481 e. The van der Waals surface area contributed by atoms with Gasteiger partial charge in [-0.1, -0.05) is 60.1 Å². The minimum atomic E-state index is -1.17. The number of aliphatic carboxylic acids is 1. The fourth-order valence-corrected chi connectivity index (χ4v) is 12.7.